The smallest absolute Gasteiger partial charge is 0.114 e. The molecule has 2 heteroatoms. The molecule has 1 N–H and O–H groups in total. The molecule has 64 valence electrons. The predicted molar refractivity (Wildman–Crippen MR) is 43.3 cm³/mol. The first-order valence-electron chi connectivity index (χ1n) is 4.70. The minimum atomic E-state index is -0.576. The second-order valence-electron chi connectivity index (χ2n) is 4.02. The lowest BCUT2D eigenvalue weighted by molar-refractivity contribution is 0.245. The summed E-state index contributed by atoms with van der Waals surface area (Å²) in [6.45, 7) is 0.597. The van der Waals surface area contributed by atoms with E-state index in [0.717, 1.165) is 6.42 Å². The standard InChI is InChI=1S/C9H16FN/c10-8-6-9(11-7-8)4-2-1-3-5-9/h8,11H,1-7H2. The van der Waals surface area contributed by atoms with E-state index in [1.807, 2.05) is 0 Å². The van der Waals surface area contributed by atoms with Gasteiger partial charge in [-0.3, -0.25) is 0 Å². The highest BCUT2D eigenvalue weighted by molar-refractivity contribution is 4.98. The van der Waals surface area contributed by atoms with Gasteiger partial charge in [-0.1, -0.05) is 19.3 Å². The largest absolute Gasteiger partial charge is 0.308 e. The summed E-state index contributed by atoms with van der Waals surface area (Å²) in [6, 6.07) is 0. The first kappa shape index (κ1) is 7.53. The van der Waals surface area contributed by atoms with E-state index in [-0.39, 0.29) is 5.54 Å². The molecular formula is C9H16FN. The fraction of sp³-hybridized carbons (Fsp3) is 1.00. The summed E-state index contributed by atoms with van der Waals surface area (Å²) >= 11 is 0. The molecule has 0 aromatic rings. The maximum Gasteiger partial charge on any atom is 0.114 e. The minimum Gasteiger partial charge on any atom is -0.308 e. The predicted octanol–water partition coefficient (Wildman–Crippen LogP) is 2.02. The van der Waals surface area contributed by atoms with Crippen molar-refractivity contribution in [1.82, 2.24) is 5.32 Å². The van der Waals surface area contributed by atoms with Gasteiger partial charge in [0.1, 0.15) is 6.17 Å². The first-order valence-corrected chi connectivity index (χ1v) is 4.70. The van der Waals surface area contributed by atoms with Gasteiger partial charge >= 0.3 is 0 Å². The molecule has 2 rings (SSSR count). The van der Waals surface area contributed by atoms with Gasteiger partial charge in [0.05, 0.1) is 0 Å². The van der Waals surface area contributed by atoms with Crippen LogP contribution in [0.1, 0.15) is 38.5 Å². The third kappa shape index (κ3) is 1.41. The van der Waals surface area contributed by atoms with Crippen LogP contribution in [0.3, 0.4) is 0 Å². The molecule has 1 aliphatic carbocycles. The lowest BCUT2D eigenvalue weighted by Crippen LogP contribution is -2.41. The maximum absolute atomic E-state index is 12.9. The highest BCUT2D eigenvalue weighted by atomic mass is 19.1. The van der Waals surface area contributed by atoms with Crippen molar-refractivity contribution in [2.24, 2.45) is 0 Å². The van der Waals surface area contributed by atoms with Gasteiger partial charge in [-0.2, -0.15) is 0 Å². The summed E-state index contributed by atoms with van der Waals surface area (Å²) in [4.78, 5) is 0. The highest BCUT2D eigenvalue weighted by Crippen LogP contribution is 2.35. The molecule has 0 aromatic carbocycles. The van der Waals surface area contributed by atoms with Gasteiger partial charge in [-0.25, -0.2) is 4.39 Å². The second-order valence-corrected chi connectivity index (χ2v) is 4.02. The van der Waals surface area contributed by atoms with Crippen molar-refractivity contribution in [3.05, 3.63) is 0 Å². The molecule has 1 unspecified atom stereocenters. The molecule has 0 bridgehead atoms. The van der Waals surface area contributed by atoms with E-state index in [2.05, 4.69) is 5.32 Å². The van der Waals surface area contributed by atoms with E-state index in [1.165, 1.54) is 32.1 Å². The van der Waals surface area contributed by atoms with Gasteiger partial charge in [-0.05, 0) is 19.3 Å². The third-order valence-corrected chi connectivity index (χ3v) is 3.12. The molecule has 2 fully saturated rings. The van der Waals surface area contributed by atoms with Gasteiger partial charge < -0.3 is 5.32 Å². The molecule has 1 nitrogen and oxygen atoms in total. The summed E-state index contributed by atoms with van der Waals surface area (Å²) < 4.78 is 12.9. The van der Waals surface area contributed by atoms with Crippen LogP contribution in [0.5, 0.6) is 0 Å². The van der Waals surface area contributed by atoms with Crippen LogP contribution >= 0.6 is 0 Å². The second kappa shape index (κ2) is 2.74. The number of rotatable bonds is 0. The van der Waals surface area contributed by atoms with Crippen LogP contribution in [-0.4, -0.2) is 18.3 Å². The molecule has 1 heterocycles. The van der Waals surface area contributed by atoms with E-state index in [0.29, 0.717) is 6.54 Å². The average Bonchev–Trinajstić information content (AvgIpc) is 2.34. The van der Waals surface area contributed by atoms with E-state index in [9.17, 15) is 4.39 Å². The van der Waals surface area contributed by atoms with Gasteiger partial charge in [0.15, 0.2) is 0 Å². The molecule has 1 spiro atoms. The molecule has 1 saturated heterocycles. The van der Waals surface area contributed by atoms with Crippen molar-refractivity contribution in [1.29, 1.82) is 0 Å². The van der Waals surface area contributed by atoms with Crippen LogP contribution in [-0.2, 0) is 0 Å². The van der Waals surface area contributed by atoms with E-state index in [4.69, 9.17) is 0 Å². The molecule has 0 amide bonds. The third-order valence-electron chi connectivity index (χ3n) is 3.12. The van der Waals surface area contributed by atoms with Gasteiger partial charge in [0, 0.05) is 12.1 Å². The summed E-state index contributed by atoms with van der Waals surface area (Å²) in [5.74, 6) is 0. The zero-order chi connectivity index (χ0) is 7.73. The summed E-state index contributed by atoms with van der Waals surface area (Å²) in [6.07, 6.45) is 6.53. The number of halogens is 1. The molecular weight excluding hydrogens is 141 g/mol. The first-order chi connectivity index (χ1) is 5.31. The number of hydrogen-bond acceptors (Lipinski definition) is 1. The highest BCUT2D eigenvalue weighted by Gasteiger charge is 2.39. The fourth-order valence-electron chi connectivity index (χ4n) is 2.51. The molecule has 1 saturated carbocycles. The average molecular weight is 157 g/mol. The Morgan fingerprint density at radius 2 is 1.91 bits per heavy atom. The molecule has 1 aliphatic heterocycles. The fourth-order valence-corrected chi connectivity index (χ4v) is 2.51. The van der Waals surface area contributed by atoms with Crippen molar-refractivity contribution in [2.75, 3.05) is 6.54 Å². The number of alkyl halides is 1. The van der Waals surface area contributed by atoms with Crippen molar-refractivity contribution in [3.63, 3.8) is 0 Å². The lowest BCUT2D eigenvalue weighted by Gasteiger charge is -2.33. The molecule has 0 aromatic heterocycles. The van der Waals surface area contributed by atoms with Crippen molar-refractivity contribution in [2.45, 2.75) is 50.2 Å². The number of nitrogens with one attached hydrogen (secondary N) is 1. The molecule has 1 atom stereocenters. The quantitative estimate of drug-likeness (QED) is 0.567. The van der Waals surface area contributed by atoms with Crippen molar-refractivity contribution in [3.8, 4) is 0 Å². The van der Waals surface area contributed by atoms with Crippen LogP contribution in [0.25, 0.3) is 0 Å². The van der Waals surface area contributed by atoms with Gasteiger partial charge in [0.2, 0.25) is 0 Å². The van der Waals surface area contributed by atoms with Crippen molar-refractivity contribution >= 4 is 0 Å². The Kier molecular flexibility index (Phi) is 1.88. The summed E-state index contributed by atoms with van der Waals surface area (Å²) in [5.41, 5.74) is 0.220. The number of hydrogen-bond donors (Lipinski definition) is 1. The van der Waals surface area contributed by atoms with Crippen LogP contribution in [0.4, 0.5) is 4.39 Å². The van der Waals surface area contributed by atoms with E-state index >= 15 is 0 Å². The maximum atomic E-state index is 12.9. The Labute approximate surface area is 67.4 Å². The summed E-state index contributed by atoms with van der Waals surface area (Å²) in [5, 5.41) is 3.35. The Hall–Kier alpha value is -0.110. The lowest BCUT2D eigenvalue weighted by atomic mass is 9.81. The van der Waals surface area contributed by atoms with Crippen LogP contribution in [0.15, 0.2) is 0 Å². The molecule has 0 radical (unpaired) electrons. The SMILES string of the molecule is FC1CNC2(CCCCC2)C1. The zero-order valence-corrected chi connectivity index (χ0v) is 6.91. The normalized spacial score (nSPS) is 36.3. The Morgan fingerprint density at radius 1 is 1.18 bits per heavy atom. The van der Waals surface area contributed by atoms with Gasteiger partial charge in [0.25, 0.3) is 0 Å². The molecule has 2 aliphatic rings. The van der Waals surface area contributed by atoms with Crippen LogP contribution in [0, 0.1) is 0 Å². The Balaban J connectivity index is 1.98. The van der Waals surface area contributed by atoms with Crippen molar-refractivity contribution < 1.29 is 4.39 Å². The zero-order valence-electron chi connectivity index (χ0n) is 6.91. The van der Waals surface area contributed by atoms with Crippen LogP contribution in [0.2, 0.25) is 0 Å². The van der Waals surface area contributed by atoms with Crippen LogP contribution < -0.4 is 5.32 Å². The minimum absolute atomic E-state index is 0.220. The molecule has 11 heavy (non-hydrogen) atoms. The topological polar surface area (TPSA) is 12.0 Å². The van der Waals surface area contributed by atoms with E-state index < -0.39 is 6.17 Å². The Morgan fingerprint density at radius 3 is 2.45 bits per heavy atom. The van der Waals surface area contributed by atoms with Gasteiger partial charge in [-0.15, -0.1) is 0 Å². The van der Waals surface area contributed by atoms with E-state index in [1.54, 1.807) is 0 Å². The summed E-state index contributed by atoms with van der Waals surface area (Å²) in [7, 11) is 0. The Bertz CT molecular complexity index is 135. The monoisotopic (exact) mass is 157 g/mol.